The van der Waals surface area contributed by atoms with Crippen molar-refractivity contribution in [2.75, 3.05) is 6.54 Å². The lowest BCUT2D eigenvalue weighted by Crippen LogP contribution is -2.49. The van der Waals surface area contributed by atoms with Crippen molar-refractivity contribution < 1.29 is 14.3 Å². The molecule has 140 valence electrons. The van der Waals surface area contributed by atoms with Crippen molar-refractivity contribution in [1.29, 1.82) is 0 Å². The van der Waals surface area contributed by atoms with E-state index in [-0.39, 0.29) is 12.0 Å². The van der Waals surface area contributed by atoms with Crippen LogP contribution in [-0.4, -0.2) is 29.2 Å². The number of hydrogen-bond donors (Lipinski definition) is 1. The number of nitrogens with zero attached hydrogens (tertiary/aromatic N) is 1. The molecule has 27 heavy (non-hydrogen) atoms. The highest BCUT2D eigenvalue weighted by Gasteiger charge is 2.33. The summed E-state index contributed by atoms with van der Waals surface area (Å²) in [4.78, 5) is 12.5. The Labute approximate surface area is 158 Å². The van der Waals surface area contributed by atoms with Crippen molar-refractivity contribution in [3.8, 4) is 11.5 Å². The molecule has 1 aliphatic rings. The Balaban J connectivity index is 1.33. The molecule has 2 heterocycles. The van der Waals surface area contributed by atoms with Gasteiger partial charge >= 0.3 is 0 Å². The van der Waals surface area contributed by atoms with Gasteiger partial charge in [0.1, 0.15) is 6.10 Å². The van der Waals surface area contributed by atoms with Gasteiger partial charge in [0.05, 0.1) is 0 Å². The Kier molecular flexibility index (Phi) is 4.75. The van der Waals surface area contributed by atoms with Crippen molar-refractivity contribution >= 4 is 16.8 Å². The molecule has 1 aliphatic heterocycles. The van der Waals surface area contributed by atoms with Crippen molar-refractivity contribution in [1.82, 2.24) is 9.88 Å². The van der Waals surface area contributed by atoms with Crippen molar-refractivity contribution in [3.05, 3.63) is 60.3 Å². The van der Waals surface area contributed by atoms with Crippen LogP contribution in [0.15, 0.2) is 54.6 Å². The summed E-state index contributed by atoms with van der Waals surface area (Å²) in [7, 11) is 0. The maximum Gasteiger partial charge on any atom is 0.265 e. The summed E-state index contributed by atoms with van der Waals surface area (Å²) in [6.45, 7) is 5.43. The van der Waals surface area contributed by atoms with Crippen LogP contribution in [0.2, 0.25) is 0 Å². The van der Waals surface area contributed by atoms with Crippen LogP contribution in [0.5, 0.6) is 11.5 Å². The standard InChI is InChI=1S/C22H24N2O3/c1-15-14-17-8-3-4-9-18(17)24(15)13-7-12-23-22(25)21-16(2)26-19-10-5-6-11-20(19)27-21/h3-6,8-11,14,16,21H,7,12-13H2,1-2H3,(H,23,25). The van der Waals surface area contributed by atoms with Crippen LogP contribution < -0.4 is 14.8 Å². The number of aryl methyl sites for hydroxylation is 2. The summed E-state index contributed by atoms with van der Waals surface area (Å²) in [5, 5.41) is 4.24. The topological polar surface area (TPSA) is 52.5 Å². The molecule has 2 atom stereocenters. The number of ether oxygens (including phenoxy) is 2. The lowest BCUT2D eigenvalue weighted by molar-refractivity contribution is -0.133. The van der Waals surface area contributed by atoms with E-state index in [9.17, 15) is 4.79 Å². The van der Waals surface area contributed by atoms with E-state index >= 15 is 0 Å². The molecule has 0 saturated carbocycles. The molecule has 1 aromatic heterocycles. The zero-order chi connectivity index (χ0) is 18.8. The molecule has 0 fully saturated rings. The Morgan fingerprint density at radius 3 is 2.59 bits per heavy atom. The summed E-state index contributed by atoms with van der Waals surface area (Å²) in [6, 6.07) is 18.0. The smallest absolute Gasteiger partial charge is 0.265 e. The predicted molar refractivity (Wildman–Crippen MR) is 105 cm³/mol. The lowest BCUT2D eigenvalue weighted by atomic mass is 10.1. The third kappa shape index (κ3) is 3.50. The van der Waals surface area contributed by atoms with Gasteiger partial charge in [-0.2, -0.15) is 0 Å². The Morgan fingerprint density at radius 1 is 1.07 bits per heavy atom. The molecule has 1 amide bonds. The molecule has 0 bridgehead atoms. The number of para-hydroxylation sites is 3. The number of carbonyl (C=O) groups excluding carboxylic acids is 1. The fourth-order valence-electron chi connectivity index (χ4n) is 3.60. The summed E-state index contributed by atoms with van der Waals surface area (Å²) in [5.41, 5.74) is 2.47. The number of aromatic nitrogens is 1. The van der Waals surface area contributed by atoms with E-state index < -0.39 is 6.10 Å². The molecule has 5 heteroatoms. The molecule has 2 aromatic carbocycles. The molecule has 0 saturated heterocycles. The van der Waals surface area contributed by atoms with Gasteiger partial charge in [-0.1, -0.05) is 30.3 Å². The number of benzene rings is 2. The molecule has 0 aliphatic carbocycles. The zero-order valence-corrected chi connectivity index (χ0v) is 15.6. The molecular formula is C22H24N2O3. The van der Waals surface area contributed by atoms with Crippen LogP contribution >= 0.6 is 0 Å². The van der Waals surface area contributed by atoms with Crippen LogP contribution in [-0.2, 0) is 11.3 Å². The summed E-state index contributed by atoms with van der Waals surface area (Å²) >= 11 is 0. The Morgan fingerprint density at radius 2 is 1.78 bits per heavy atom. The highest BCUT2D eigenvalue weighted by molar-refractivity contribution is 5.82. The first kappa shape index (κ1) is 17.5. The van der Waals surface area contributed by atoms with E-state index in [0.29, 0.717) is 18.0 Å². The monoisotopic (exact) mass is 364 g/mol. The van der Waals surface area contributed by atoms with Crippen molar-refractivity contribution in [3.63, 3.8) is 0 Å². The fourth-order valence-corrected chi connectivity index (χ4v) is 3.60. The first-order chi connectivity index (χ1) is 13.1. The SMILES string of the molecule is Cc1cc2ccccc2n1CCCNC(=O)C1Oc2ccccc2OC1C. The maximum atomic E-state index is 12.5. The van der Waals surface area contributed by atoms with Gasteiger partial charge in [-0.25, -0.2) is 0 Å². The van der Waals surface area contributed by atoms with Crippen LogP contribution in [0, 0.1) is 6.92 Å². The quantitative estimate of drug-likeness (QED) is 0.703. The Hall–Kier alpha value is -2.95. The van der Waals surface area contributed by atoms with Gasteiger partial charge in [0, 0.05) is 24.3 Å². The highest BCUT2D eigenvalue weighted by atomic mass is 16.6. The van der Waals surface area contributed by atoms with Crippen LogP contribution in [0.1, 0.15) is 19.0 Å². The molecule has 1 N–H and O–H groups in total. The fraction of sp³-hybridized carbons (Fsp3) is 0.318. The summed E-state index contributed by atoms with van der Waals surface area (Å²) < 4.78 is 13.9. The minimum Gasteiger partial charge on any atom is -0.482 e. The van der Waals surface area contributed by atoms with E-state index in [1.807, 2.05) is 31.2 Å². The second kappa shape index (κ2) is 7.35. The van der Waals surface area contributed by atoms with Gasteiger partial charge in [0.25, 0.3) is 5.91 Å². The van der Waals surface area contributed by atoms with Crippen molar-refractivity contribution in [2.24, 2.45) is 0 Å². The van der Waals surface area contributed by atoms with E-state index in [0.717, 1.165) is 13.0 Å². The van der Waals surface area contributed by atoms with Crippen LogP contribution in [0.25, 0.3) is 10.9 Å². The molecule has 0 radical (unpaired) electrons. The first-order valence-corrected chi connectivity index (χ1v) is 9.38. The van der Waals surface area contributed by atoms with Gasteiger partial charge in [-0.05, 0) is 49.9 Å². The minimum atomic E-state index is -0.631. The number of rotatable bonds is 5. The average Bonchev–Trinajstić information content (AvgIpc) is 2.99. The molecule has 3 aromatic rings. The average molecular weight is 364 g/mol. The van der Waals surface area contributed by atoms with Gasteiger partial charge in [-0.15, -0.1) is 0 Å². The molecule has 2 unspecified atom stereocenters. The second-order valence-corrected chi connectivity index (χ2v) is 6.95. The Bertz CT molecular complexity index is 963. The normalized spacial score (nSPS) is 18.4. The van der Waals surface area contributed by atoms with E-state index in [1.165, 1.54) is 16.6 Å². The number of hydrogen-bond acceptors (Lipinski definition) is 3. The van der Waals surface area contributed by atoms with Crippen LogP contribution in [0.3, 0.4) is 0 Å². The third-order valence-electron chi connectivity index (χ3n) is 4.98. The largest absolute Gasteiger partial charge is 0.482 e. The molecule has 5 nitrogen and oxygen atoms in total. The summed E-state index contributed by atoms with van der Waals surface area (Å²) in [5.74, 6) is 1.17. The van der Waals surface area contributed by atoms with E-state index in [4.69, 9.17) is 9.47 Å². The highest BCUT2D eigenvalue weighted by Crippen LogP contribution is 2.33. The number of fused-ring (bicyclic) bond motifs is 2. The predicted octanol–water partition coefficient (Wildman–Crippen LogP) is 3.68. The number of nitrogens with one attached hydrogen (secondary N) is 1. The van der Waals surface area contributed by atoms with Gasteiger partial charge < -0.3 is 19.4 Å². The van der Waals surface area contributed by atoms with Gasteiger partial charge in [0.2, 0.25) is 6.10 Å². The number of amides is 1. The molecule has 4 rings (SSSR count). The summed E-state index contributed by atoms with van der Waals surface area (Å²) in [6.07, 6.45) is -0.103. The molecule has 0 spiro atoms. The third-order valence-corrected chi connectivity index (χ3v) is 4.98. The first-order valence-electron chi connectivity index (χ1n) is 9.38. The van der Waals surface area contributed by atoms with Gasteiger partial charge in [-0.3, -0.25) is 4.79 Å². The van der Waals surface area contributed by atoms with Gasteiger partial charge in [0.15, 0.2) is 11.5 Å². The minimum absolute atomic E-state index is 0.133. The second-order valence-electron chi connectivity index (χ2n) is 6.95. The van der Waals surface area contributed by atoms with Crippen LogP contribution in [0.4, 0.5) is 0 Å². The maximum absolute atomic E-state index is 12.5. The van der Waals surface area contributed by atoms with E-state index in [1.54, 1.807) is 0 Å². The van der Waals surface area contributed by atoms with Crippen molar-refractivity contribution in [2.45, 2.75) is 39.0 Å². The number of carbonyl (C=O) groups is 1. The zero-order valence-electron chi connectivity index (χ0n) is 15.6. The lowest BCUT2D eigenvalue weighted by Gasteiger charge is -2.31. The van der Waals surface area contributed by atoms with E-state index in [2.05, 4.69) is 47.1 Å². The molecular weight excluding hydrogens is 340 g/mol.